The highest BCUT2D eigenvalue weighted by molar-refractivity contribution is 5.90. The Balaban J connectivity index is 1.41. The van der Waals surface area contributed by atoms with Gasteiger partial charge in [0.15, 0.2) is 0 Å². The van der Waals surface area contributed by atoms with Gasteiger partial charge in [-0.05, 0) is 50.2 Å². The number of hydrogen-bond donors (Lipinski definition) is 1. The number of nitrogens with zero attached hydrogens (tertiary/aromatic N) is 3. The van der Waals surface area contributed by atoms with Crippen LogP contribution in [-0.4, -0.2) is 40.4 Å². The highest BCUT2D eigenvalue weighted by atomic mass is 19.1. The third kappa shape index (κ3) is 4.58. The monoisotopic (exact) mass is 328 g/mol. The number of carbonyl (C=O) groups is 1. The lowest BCUT2D eigenvalue weighted by atomic mass is 9.96. The third-order valence-corrected chi connectivity index (χ3v) is 4.30. The maximum Gasteiger partial charge on any atom is 0.225 e. The minimum atomic E-state index is -0.349. The van der Waals surface area contributed by atoms with Gasteiger partial charge < -0.3 is 10.2 Å². The van der Waals surface area contributed by atoms with Crippen molar-refractivity contribution >= 4 is 11.6 Å². The Hall–Kier alpha value is -2.34. The zero-order valence-corrected chi connectivity index (χ0v) is 13.5. The van der Waals surface area contributed by atoms with Crippen molar-refractivity contribution in [3.8, 4) is 0 Å². The number of aromatic nitrogens is 2. The maximum atomic E-state index is 13.1. The second kappa shape index (κ2) is 7.97. The van der Waals surface area contributed by atoms with Crippen LogP contribution >= 0.6 is 0 Å². The molecule has 3 rings (SSSR count). The molecular formula is C18H21FN4O. The van der Waals surface area contributed by atoms with Crippen molar-refractivity contribution in [3.05, 3.63) is 54.4 Å². The van der Waals surface area contributed by atoms with Crippen LogP contribution in [0.2, 0.25) is 0 Å². The van der Waals surface area contributed by atoms with Crippen LogP contribution in [0, 0.1) is 5.82 Å². The first kappa shape index (κ1) is 16.5. The molecule has 1 aromatic heterocycles. The molecule has 1 saturated heterocycles. The van der Waals surface area contributed by atoms with E-state index >= 15 is 0 Å². The molecule has 0 radical (unpaired) electrons. The lowest BCUT2D eigenvalue weighted by Crippen LogP contribution is -2.35. The summed E-state index contributed by atoms with van der Waals surface area (Å²) < 4.78 is 13.1. The summed E-state index contributed by atoms with van der Waals surface area (Å²) in [5.41, 5.74) is 0.500. The quantitative estimate of drug-likeness (QED) is 0.917. The van der Waals surface area contributed by atoms with Gasteiger partial charge in [0.1, 0.15) is 11.6 Å². The first-order valence-electron chi connectivity index (χ1n) is 8.25. The zero-order valence-electron chi connectivity index (χ0n) is 13.5. The van der Waals surface area contributed by atoms with E-state index in [1.165, 1.54) is 12.1 Å². The highest BCUT2D eigenvalue weighted by Crippen LogP contribution is 2.25. The van der Waals surface area contributed by atoms with E-state index in [0.29, 0.717) is 24.6 Å². The number of benzene rings is 1. The number of halogens is 1. The molecular weight excluding hydrogens is 307 g/mol. The summed E-state index contributed by atoms with van der Waals surface area (Å²) in [6.07, 6.45) is 5.99. The van der Waals surface area contributed by atoms with Crippen LogP contribution in [0.5, 0.6) is 0 Å². The molecule has 5 nitrogen and oxygen atoms in total. The van der Waals surface area contributed by atoms with Crippen LogP contribution in [0.1, 0.15) is 31.0 Å². The Kier molecular flexibility index (Phi) is 5.48. The van der Waals surface area contributed by atoms with Gasteiger partial charge >= 0.3 is 0 Å². The van der Waals surface area contributed by atoms with Crippen molar-refractivity contribution < 1.29 is 9.18 Å². The zero-order chi connectivity index (χ0) is 16.8. The highest BCUT2D eigenvalue weighted by Gasteiger charge is 2.22. The summed E-state index contributed by atoms with van der Waals surface area (Å²) in [4.78, 5) is 22.9. The van der Waals surface area contributed by atoms with Crippen LogP contribution < -0.4 is 5.32 Å². The second-order valence-corrected chi connectivity index (χ2v) is 6.03. The number of piperidine rings is 1. The van der Waals surface area contributed by atoms with Gasteiger partial charge in [-0.15, -0.1) is 0 Å². The SMILES string of the molecule is O=C(CCN1CCC(c2ncccn2)CC1)Nc1cccc(F)c1. The molecule has 1 aliphatic rings. The number of carbonyl (C=O) groups excluding carboxylic acids is 1. The molecule has 0 spiro atoms. The summed E-state index contributed by atoms with van der Waals surface area (Å²) in [5.74, 6) is 0.886. The molecule has 6 heteroatoms. The number of anilines is 1. The smallest absolute Gasteiger partial charge is 0.225 e. The Morgan fingerprint density at radius 1 is 1.21 bits per heavy atom. The normalized spacial score (nSPS) is 16.0. The lowest BCUT2D eigenvalue weighted by molar-refractivity contribution is -0.116. The molecule has 0 atom stereocenters. The molecule has 2 aromatic rings. The van der Waals surface area contributed by atoms with E-state index in [1.54, 1.807) is 24.5 Å². The number of hydrogen-bond acceptors (Lipinski definition) is 4. The predicted molar refractivity (Wildman–Crippen MR) is 90.1 cm³/mol. The van der Waals surface area contributed by atoms with Crippen molar-refractivity contribution in [2.75, 3.05) is 25.0 Å². The van der Waals surface area contributed by atoms with E-state index < -0.39 is 0 Å². The van der Waals surface area contributed by atoms with Crippen LogP contribution in [0.4, 0.5) is 10.1 Å². The summed E-state index contributed by atoms with van der Waals surface area (Å²) in [6.45, 7) is 2.59. The topological polar surface area (TPSA) is 58.1 Å². The van der Waals surface area contributed by atoms with E-state index in [9.17, 15) is 9.18 Å². The Morgan fingerprint density at radius 3 is 2.67 bits per heavy atom. The molecule has 1 aliphatic heterocycles. The van der Waals surface area contributed by atoms with Gasteiger partial charge in [-0.2, -0.15) is 0 Å². The van der Waals surface area contributed by atoms with E-state index in [2.05, 4.69) is 20.2 Å². The van der Waals surface area contributed by atoms with E-state index in [0.717, 1.165) is 31.8 Å². The van der Waals surface area contributed by atoms with Gasteiger partial charge in [0.2, 0.25) is 5.91 Å². The van der Waals surface area contributed by atoms with Crippen molar-refractivity contribution in [3.63, 3.8) is 0 Å². The first-order chi connectivity index (χ1) is 11.7. The fourth-order valence-corrected chi connectivity index (χ4v) is 2.99. The average molecular weight is 328 g/mol. The molecule has 126 valence electrons. The van der Waals surface area contributed by atoms with Crippen molar-refractivity contribution in [1.29, 1.82) is 0 Å². The van der Waals surface area contributed by atoms with Gasteiger partial charge in [-0.3, -0.25) is 4.79 Å². The first-order valence-corrected chi connectivity index (χ1v) is 8.25. The number of nitrogens with one attached hydrogen (secondary N) is 1. The number of likely N-dealkylation sites (tertiary alicyclic amines) is 1. The second-order valence-electron chi connectivity index (χ2n) is 6.03. The van der Waals surface area contributed by atoms with Crippen LogP contribution in [-0.2, 0) is 4.79 Å². The summed E-state index contributed by atoms with van der Waals surface area (Å²) in [5, 5.41) is 2.73. The third-order valence-electron chi connectivity index (χ3n) is 4.30. The molecule has 24 heavy (non-hydrogen) atoms. The maximum absolute atomic E-state index is 13.1. The molecule has 1 aromatic carbocycles. The largest absolute Gasteiger partial charge is 0.326 e. The molecule has 0 saturated carbocycles. The Morgan fingerprint density at radius 2 is 1.96 bits per heavy atom. The van der Waals surface area contributed by atoms with Crippen LogP contribution in [0.3, 0.4) is 0 Å². The molecule has 1 fully saturated rings. The predicted octanol–water partition coefficient (Wildman–Crippen LogP) is 2.82. The van der Waals surface area contributed by atoms with Gasteiger partial charge in [0, 0.05) is 37.0 Å². The fourth-order valence-electron chi connectivity index (χ4n) is 2.99. The van der Waals surface area contributed by atoms with Crippen LogP contribution in [0.15, 0.2) is 42.7 Å². The minimum absolute atomic E-state index is 0.0888. The van der Waals surface area contributed by atoms with Gasteiger partial charge in [-0.1, -0.05) is 6.07 Å². The fraction of sp³-hybridized carbons (Fsp3) is 0.389. The van der Waals surface area contributed by atoms with E-state index in [-0.39, 0.29) is 11.7 Å². The van der Waals surface area contributed by atoms with Crippen LogP contribution in [0.25, 0.3) is 0 Å². The van der Waals surface area contributed by atoms with Gasteiger partial charge in [-0.25, -0.2) is 14.4 Å². The van der Waals surface area contributed by atoms with Crippen molar-refractivity contribution in [2.45, 2.75) is 25.2 Å². The number of rotatable bonds is 5. The lowest BCUT2D eigenvalue weighted by Gasteiger charge is -2.30. The molecule has 0 bridgehead atoms. The minimum Gasteiger partial charge on any atom is -0.326 e. The van der Waals surface area contributed by atoms with Crippen molar-refractivity contribution in [2.24, 2.45) is 0 Å². The Labute approximate surface area is 140 Å². The van der Waals surface area contributed by atoms with Gasteiger partial charge in [0.05, 0.1) is 0 Å². The Bertz CT molecular complexity index is 672. The summed E-state index contributed by atoms with van der Waals surface area (Å²) in [7, 11) is 0. The van der Waals surface area contributed by atoms with Crippen molar-refractivity contribution in [1.82, 2.24) is 14.9 Å². The molecule has 2 heterocycles. The average Bonchev–Trinajstić information content (AvgIpc) is 2.61. The molecule has 0 aliphatic carbocycles. The standard InChI is InChI=1S/C18H21FN4O/c19-15-3-1-4-16(13-15)22-17(24)7-12-23-10-5-14(6-11-23)18-20-8-2-9-21-18/h1-4,8-9,13-14H,5-7,10-12H2,(H,22,24). The van der Waals surface area contributed by atoms with E-state index in [1.807, 2.05) is 6.07 Å². The summed E-state index contributed by atoms with van der Waals surface area (Å²) >= 11 is 0. The number of amides is 1. The molecule has 1 N–H and O–H groups in total. The molecule has 0 unspecified atom stereocenters. The molecule has 1 amide bonds. The van der Waals surface area contributed by atoms with Gasteiger partial charge in [0.25, 0.3) is 0 Å². The summed E-state index contributed by atoms with van der Waals surface area (Å²) in [6, 6.07) is 7.78. The van der Waals surface area contributed by atoms with E-state index in [4.69, 9.17) is 0 Å².